The molecule has 1 N–H and O–H groups in total. The van der Waals surface area contributed by atoms with Gasteiger partial charge in [-0.1, -0.05) is 24.3 Å². The molecule has 6 nitrogen and oxygen atoms in total. The highest BCUT2D eigenvalue weighted by Crippen LogP contribution is 2.25. The number of rotatable bonds is 5. The van der Waals surface area contributed by atoms with Gasteiger partial charge in [0, 0.05) is 28.8 Å². The highest BCUT2D eigenvalue weighted by Gasteiger charge is 2.12. The fourth-order valence-corrected chi connectivity index (χ4v) is 4.60. The second-order valence-corrected chi connectivity index (χ2v) is 8.91. The van der Waals surface area contributed by atoms with Crippen molar-refractivity contribution in [3.8, 4) is 22.0 Å². The summed E-state index contributed by atoms with van der Waals surface area (Å²) < 4.78 is 6.05. The molecule has 0 radical (unpaired) electrons. The van der Waals surface area contributed by atoms with Gasteiger partial charge in [-0.05, 0) is 55.3 Å². The standard InChI is InChI=1S/C27H21N3O3S/c1-16-11-17(2)25-21(12-16)23(31)13-24(33-25)18-6-8-19(9-7-18)26(32)29-14-20-15-34-27(30-20)22-5-3-4-10-28-22/h3-13,15H,14H2,1-2H3,(H,29,32). The lowest BCUT2D eigenvalue weighted by Crippen LogP contribution is -2.22. The number of carbonyl (C=O) groups is 1. The SMILES string of the molecule is Cc1cc(C)c2oc(-c3ccc(C(=O)NCc4csc(-c5ccccn5)n4)cc3)cc(=O)c2c1. The zero-order valence-corrected chi connectivity index (χ0v) is 19.5. The van der Waals surface area contributed by atoms with Crippen LogP contribution in [0.2, 0.25) is 0 Å². The fourth-order valence-electron chi connectivity index (χ4n) is 3.81. The quantitative estimate of drug-likeness (QED) is 0.368. The molecule has 5 aromatic rings. The van der Waals surface area contributed by atoms with Crippen molar-refractivity contribution in [1.29, 1.82) is 0 Å². The average Bonchev–Trinajstić information content (AvgIpc) is 3.33. The molecule has 0 fully saturated rings. The molecule has 0 spiro atoms. The molecular formula is C27H21N3O3S. The summed E-state index contributed by atoms with van der Waals surface area (Å²) >= 11 is 1.49. The average molecular weight is 468 g/mol. The van der Waals surface area contributed by atoms with Gasteiger partial charge in [-0.3, -0.25) is 14.6 Å². The number of pyridine rings is 1. The Balaban J connectivity index is 1.30. The molecule has 0 aliphatic heterocycles. The molecule has 1 amide bonds. The van der Waals surface area contributed by atoms with Crippen LogP contribution in [-0.4, -0.2) is 15.9 Å². The van der Waals surface area contributed by atoms with Crippen LogP contribution in [0.5, 0.6) is 0 Å². The Morgan fingerprint density at radius 2 is 1.88 bits per heavy atom. The van der Waals surface area contributed by atoms with Crippen molar-refractivity contribution in [3.63, 3.8) is 0 Å². The molecule has 0 aliphatic rings. The second kappa shape index (κ2) is 9.03. The zero-order valence-electron chi connectivity index (χ0n) is 18.7. The van der Waals surface area contributed by atoms with E-state index in [4.69, 9.17) is 4.42 Å². The number of aryl methyl sites for hydroxylation is 2. The van der Waals surface area contributed by atoms with Crippen LogP contribution in [0.4, 0.5) is 0 Å². The summed E-state index contributed by atoms with van der Waals surface area (Å²) in [6.07, 6.45) is 1.73. The predicted octanol–water partition coefficient (Wildman–Crippen LogP) is 5.53. The number of hydrogen-bond donors (Lipinski definition) is 1. The van der Waals surface area contributed by atoms with Crippen LogP contribution < -0.4 is 10.7 Å². The number of nitrogens with zero attached hydrogens (tertiary/aromatic N) is 2. The summed E-state index contributed by atoms with van der Waals surface area (Å²) in [5.74, 6) is 0.270. The van der Waals surface area contributed by atoms with Crippen molar-refractivity contribution < 1.29 is 9.21 Å². The van der Waals surface area contributed by atoms with E-state index in [1.54, 1.807) is 30.5 Å². The van der Waals surface area contributed by atoms with Gasteiger partial charge in [0.2, 0.25) is 0 Å². The third-order valence-corrected chi connectivity index (χ3v) is 6.37. The maximum atomic E-state index is 12.6. The summed E-state index contributed by atoms with van der Waals surface area (Å²) in [6, 6.07) is 18.0. The van der Waals surface area contributed by atoms with Gasteiger partial charge in [0.25, 0.3) is 5.91 Å². The molecule has 0 bridgehead atoms. The minimum absolute atomic E-state index is 0.0850. The van der Waals surface area contributed by atoms with Gasteiger partial charge in [0.1, 0.15) is 16.4 Å². The normalized spacial score (nSPS) is 11.0. The molecule has 3 heterocycles. The minimum atomic E-state index is -0.204. The first kappa shape index (κ1) is 21.7. The molecule has 0 saturated carbocycles. The van der Waals surface area contributed by atoms with Gasteiger partial charge < -0.3 is 9.73 Å². The Labute approximate surface area is 200 Å². The first-order chi connectivity index (χ1) is 16.5. The number of carbonyl (C=O) groups excluding carboxylic acids is 1. The van der Waals surface area contributed by atoms with Crippen molar-refractivity contribution >= 4 is 28.2 Å². The number of amides is 1. The largest absolute Gasteiger partial charge is 0.456 e. The van der Waals surface area contributed by atoms with Gasteiger partial charge in [-0.25, -0.2) is 4.98 Å². The smallest absolute Gasteiger partial charge is 0.251 e. The van der Waals surface area contributed by atoms with E-state index in [9.17, 15) is 9.59 Å². The van der Waals surface area contributed by atoms with Crippen molar-refractivity contribution in [2.45, 2.75) is 20.4 Å². The van der Waals surface area contributed by atoms with E-state index < -0.39 is 0 Å². The molecule has 0 atom stereocenters. The van der Waals surface area contributed by atoms with Crippen LogP contribution in [0.1, 0.15) is 27.2 Å². The van der Waals surface area contributed by atoms with Crippen molar-refractivity contribution in [2.24, 2.45) is 0 Å². The van der Waals surface area contributed by atoms with Crippen molar-refractivity contribution in [2.75, 3.05) is 0 Å². The lowest BCUT2D eigenvalue weighted by molar-refractivity contribution is 0.0950. The van der Waals surface area contributed by atoms with E-state index in [0.717, 1.165) is 33.1 Å². The monoisotopic (exact) mass is 467 g/mol. The van der Waals surface area contributed by atoms with E-state index in [2.05, 4.69) is 15.3 Å². The van der Waals surface area contributed by atoms with Crippen LogP contribution in [-0.2, 0) is 6.54 Å². The Morgan fingerprint density at radius 1 is 1.06 bits per heavy atom. The van der Waals surface area contributed by atoms with Crippen molar-refractivity contribution in [3.05, 3.63) is 105 Å². The fraction of sp³-hybridized carbons (Fsp3) is 0.111. The lowest BCUT2D eigenvalue weighted by atomic mass is 10.1. The summed E-state index contributed by atoms with van der Waals surface area (Å²) in [6.45, 7) is 4.21. The van der Waals surface area contributed by atoms with Crippen LogP contribution in [0.15, 0.2) is 81.5 Å². The Kier molecular flexibility index (Phi) is 5.77. The molecular weight excluding hydrogens is 446 g/mol. The maximum Gasteiger partial charge on any atom is 0.251 e. The Bertz CT molecular complexity index is 1550. The van der Waals surface area contributed by atoms with E-state index in [1.807, 2.05) is 49.6 Å². The summed E-state index contributed by atoms with van der Waals surface area (Å²) in [4.78, 5) is 34.1. The predicted molar refractivity (Wildman–Crippen MR) is 134 cm³/mol. The van der Waals surface area contributed by atoms with E-state index >= 15 is 0 Å². The summed E-state index contributed by atoms with van der Waals surface area (Å²) in [5, 5.41) is 6.20. The van der Waals surface area contributed by atoms with Crippen LogP contribution >= 0.6 is 11.3 Å². The molecule has 3 aromatic heterocycles. The van der Waals surface area contributed by atoms with Crippen molar-refractivity contribution in [1.82, 2.24) is 15.3 Å². The van der Waals surface area contributed by atoms with Gasteiger partial charge in [0.05, 0.1) is 23.3 Å². The molecule has 34 heavy (non-hydrogen) atoms. The first-order valence-corrected chi connectivity index (χ1v) is 11.7. The van der Waals surface area contributed by atoms with E-state index in [1.165, 1.54) is 17.4 Å². The molecule has 7 heteroatoms. The molecule has 0 aliphatic carbocycles. The Hall–Kier alpha value is -4.10. The van der Waals surface area contributed by atoms with E-state index in [-0.39, 0.29) is 11.3 Å². The number of aromatic nitrogens is 2. The molecule has 0 saturated heterocycles. The molecule has 0 unspecified atom stereocenters. The maximum absolute atomic E-state index is 12.6. The first-order valence-electron chi connectivity index (χ1n) is 10.8. The van der Waals surface area contributed by atoms with E-state index in [0.29, 0.717) is 28.8 Å². The van der Waals surface area contributed by atoms with Gasteiger partial charge in [-0.15, -0.1) is 11.3 Å². The third-order valence-electron chi connectivity index (χ3n) is 5.46. The zero-order chi connectivity index (χ0) is 23.7. The van der Waals surface area contributed by atoms with Crippen LogP contribution in [0.3, 0.4) is 0 Å². The minimum Gasteiger partial charge on any atom is -0.456 e. The highest BCUT2D eigenvalue weighted by atomic mass is 32.1. The number of thiazole rings is 1. The molecule has 5 rings (SSSR count). The summed E-state index contributed by atoms with van der Waals surface area (Å²) in [5.41, 5.74) is 5.27. The molecule has 2 aromatic carbocycles. The third kappa shape index (κ3) is 4.38. The van der Waals surface area contributed by atoms with Gasteiger partial charge >= 0.3 is 0 Å². The number of nitrogens with one attached hydrogen (secondary N) is 1. The summed E-state index contributed by atoms with van der Waals surface area (Å²) in [7, 11) is 0. The topological polar surface area (TPSA) is 85.1 Å². The number of fused-ring (bicyclic) bond motifs is 1. The number of benzene rings is 2. The van der Waals surface area contributed by atoms with Gasteiger partial charge in [0.15, 0.2) is 5.43 Å². The van der Waals surface area contributed by atoms with Crippen LogP contribution in [0, 0.1) is 13.8 Å². The van der Waals surface area contributed by atoms with Crippen LogP contribution in [0.25, 0.3) is 33.0 Å². The number of hydrogen-bond acceptors (Lipinski definition) is 6. The Morgan fingerprint density at radius 3 is 2.65 bits per heavy atom. The lowest BCUT2D eigenvalue weighted by Gasteiger charge is -2.08. The van der Waals surface area contributed by atoms with Gasteiger partial charge in [-0.2, -0.15) is 0 Å². The second-order valence-electron chi connectivity index (χ2n) is 8.05. The molecule has 168 valence electrons. The highest BCUT2D eigenvalue weighted by molar-refractivity contribution is 7.13.